The average Bonchev–Trinajstić information content (AvgIpc) is 3.06. The third-order valence-electron chi connectivity index (χ3n) is 3.55. The summed E-state index contributed by atoms with van der Waals surface area (Å²) >= 11 is 1.14. The van der Waals surface area contributed by atoms with Crippen LogP contribution in [0.2, 0.25) is 0 Å². The Morgan fingerprint density at radius 2 is 1.96 bits per heavy atom. The second kappa shape index (κ2) is 10.8. The van der Waals surface area contributed by atoms with Crippen LogP contribution >= 0.6 is 35.3 Å². The molecule has 1 unspecified atom stereocenters. The average molecular weight is 524 g/mol. The van der Waals surface area contributed by atoms with Crippen molar-refractivity contribution in [2.75, 3.05) is 13.6 Å². The largest absolute Gasteiger partial charge is 0.489 e. The molecule has 7 nitrogen and oxygen atoms in total. The molecule has 27 heavy (non-hydrogen) atoms. The van der Waals surface area contributed by atoms with Crippen molar-refractivity contribution in [3.63, 3.8) is 0 Å². The van der Waals surface area contributed by atoms with Crippen LogP contribution in [0.4, 0.5) is 0 Å². The minimum absolute atomic E-state index is 0. The SMILES string of the molecule is CN=C(NCc1ccc(S(N)(=O)=O)s1)NCC(C)Oc1ccccc1C.I. The second-order valence-corrected chi connectivity index (χ2v) is 8.72. The van der Waals surface area contributed by atoms with Crippen molar-refractivity contribution in [3.05, 3.63) is 46.8 Å². The van der Waals surface area contributed by atoms with Crippen LogP contribution < -0.4 is 20.5 Å². The number of rotatable bonds is 7. The minimum Gasteiger partial charge on any atom is -0.489 e. The summed E-state index contributed by atoms with van der Waals surface area (Å²) in [5, 5.41) is 11.5. The number of ether oxygens (including phenoxy) is 1. The van der Waals surface area contributed by atoms with Crippen molar-refractivity contribution in [2.45, 2.75) is 30.7 Å². The molecule has 0 aliphatic heterocycles. The van der Waals surface area contributed by atoms with Crippen molar-refractivity contribution in [1.82, 2.24) is 10.6 Å². The van der Waals surface area contributed by atoms with E-state index in [-0.39, 0.29) is 34.3 Å². The number of sulfonamides is 1. The van der Waals surface area contributed by atoms with E-state index in [1.54, 1.807) is 13.1 Å². The number of nitrogens with two attached hydrogens (primary N) is 1. The van der Waals surface area contributed by atoms with Gasteiger partial charge in [-0.1, -0.05) is 18.2 Å². The van der Waals surface area contributed by atoms with E-state index in [2.05, 4.69) is 15.6 Å². The molecular formula is C17H25IN4O3S2. The molecule has 1 atom stereocenters. The van der Waals surface area contributed by atoms with Gasteiger partial charge in [-0.05, 0) is 37.6 Å². The molecular weight excluding hydrogens is 499 g/mol. The number of nitrogens with zero attached hydrogens (tertiary/aromatic N) is 1. The maximum absolute atomic E-state index is 11.3. The Morgan fingerprint density at radius 3 is 2.56 bits per heavy atom. The predicted molar refractivity (Wildman–Crippen MR) is 121 cm³/mol. The van der Waals surface area contributed by atoms with E-state index >= 15 is 0 Å². The van der Waals surface area contributed by atoms with E-state index in [1.807, 2.05) is 38.1 Å². The molecule has 4 N–H and O–H groups in total. The summed E-state index contributed by atoms with van der Waals surface area (Å²) in [7, 11) is -1.98. The lowest BCUT2D eigenvalue weighted by Crippen LogP contribution is -2.41. The summed E-state index contributed by atoms with van der Waals surface area (Å²) in [6.07, 6.45) is -0.0506. The van der Waals surface area contributed by atoms with Crippen LogP contribution in [0.3, 0.4) is 0 Å². The second-order valence-electron chi connectivity index (χ2n) is 5.77. The first-order chi connectivity index (χ1) is 12.3. The minimum atomic E-state index is -3.65. The highest BCUT2D eigenvalue weighted by Crippen LogP contribution is 2.20. The number of thiophene rings is 1. The molecule has 0 fully saturated rings. The first-order valence-electron chi connectivity index (χ1n) is 8.08. The standard InChI is InChI=1S/C17H24N4O3S2.HI/c1-12-6-4-5-7-15(12)24-13(2)10-20-17(19-3)21-11-14-8-9-16(25-14)26(18,22)23;/h4-9,13H,10-11H2,1-3H3,(H2,18,22,23)(H2,19,20,21);1H. The number of para-hydroxylation sites is 1. The Labute approximate surface area is 181 Å². The van der Waals surface area contributed by atoms with Gasteiger partial charge >= 0.3 is 0 Å². The Bertz CT molecular complexity index is 869. The molecule has 0 saturated carbocycles. The molecule has 0 bridgehead atoms. The summed E-state index contributed by atoms with van der Waals surface area (Å²) < 4.78 is 28.7. The van der Waals surface area contributed by atoms with Gasteiger partial charge in [0.1, 0.15) is 16.1 Å². The zero-order chi connectivity index (χ0) is 19.2. The summed E-state index contributed by atoms with van der Waals surface area (Å²) in [5.41, 5.74) is 1.09. The summed E-state index contributed by atoms with van der Waals surface area (Å²) in [6, 6.07) is 11.1. The number of hydrogen-bond acceptors (Lipinski definition) is 5. The van der Waals surface area contributed by atoms with Crippen LogP contribution in [0.1, 0.15) is 17.4 Å². The van der Waals surface area contributed by atoms with E-state index in [4.69, 9.17) is 9.88 Å². The molecule has 1 heterocycles. The molecule has 1 aromatic heterocycles. The number of halogens is 1. The van der Waals surface area contributed by atoms with Gasteiger partial charge < -0.3 is 15.4 Å². The molecule has 0 saturated heterocycles. The lowest BCUT2D eigenvalue weighted by atomic mass is 10.2. The number of nitrogens with one attached hydrogen (secondary N) is 2. The topological polar surface area (TPSA) is 106 Å². The van der Waals surface area contributed by atoms with Gasteiger partial charge in [-0.25, -0.2) is 13.6 Å². The van der Waals surface area contributed by atoms with Gasteiger partial charge in [0.15, 0.2) is 5.96 Å². The number of aryl methyl sites for hydroxylation is 1. The summed E-state index contributed by atoms with van der Waals surface area (Å²) in [6.45, 7) is 5.00. The Balaban J connectivity index is 0.00000364. The van der Waals surface area contributed by atoms with E-state index in [0.717, 1.165) is 27.5 Å². The van der Waals surface area contributed by atoms with Gasteiger partial charge in [-0.2, -0.15) is 0 Å². The lowest BCUT2D eigenvalue weighted by molar-refractivity contribution is 0.222. The molecule has 150 valence electrons. The fourth-order valence-corrected chi connectivity index (χ4v) is 3.90. The van der Waals surface area contributed by atoms with Gasteiger partial charge in [0.05, 0.1) is 13.1 Å². The monoisotopic (exact) mass is 524 g/mol. The van der Waals surface area contributed by atoms with Crippen LogP contribution in [0.25, 0.3) is 0 Å². The van der Waals surface area contributed by atoms with Crippen LogP contribution in [0.15, 0.2) is 45.6 Å². The molecule has 2 aromatic rings. The van der Waals surface area contributed by atoms with Gasteiger partial charge in [-0.3, -0.25) is 4.99 Å². The first kappa shape index (κ1) is 23.7. The van der Waals surface area contributed by atoms with Crippen molar-refractivity contribution in [2.24, 2.45) is 10.1 Å². The number of hydrogen-bond donors (Lipinski definition) is 3. The third-order valence-corrected chi connectivity index (χ3v) is 6.07. The predicted octanol–water partition coefficient (Wildman–Crippen LogP) is 2.45. The van der Waals surface area contributed by atoms with Crippen LogP contribution in [0.5, 0.6) is 5.75 Å². The van der Waals surface area contributed by atoms with Crippen LogP contribution in [-0.2, 0) is 16.6 Å². The van der Waals surface area contributed by atoms with Gasteiger partial charge in [0.25, 0.3) is 0 Å². The highest BCUT2D eigenvalue weighted by molar-refractivity contribution is 14.0. The summed E-state index contributed by atoms with van der Waals surface area (Å²) in [4.78, 5) is 5.00. The third kappa shape index (κ3) is 7.64. The zero-order valence-corrected chi connectivity index (χ0v) is 19.4. The van der Waals surface area contributed by atoms with E-state index in [9.17, 15) is 8.42 Å². The number of benzene rings is 1. The van der Waals surface area contributed by atoms with E-state index in [0.29, 0.717) is 19.0 Å². The van der Waals surface area contributed by atoms with Crippen molar-refractivity contribution in [1.29, 1.82) is 0 Å². The van der Waals surface area contributed by atoms with Crippen molar-refractivity contribution < 1.29 is 13.2 Å². The van der Waals surface area contributed by atoms with E-state index < -0.39 is 10.0 Å². The lowest BCUT2D eigenvalue weighted by Gasteiger charge is -2.18. The molecule has 10 heteroatoms. The zero-order valence-electron chi connectivity index (χ0n) is 15.4. The van der Waals surface area contributed by atoms with E-state index in [1.165, 1.54) is 6.07 Å². The molecule has 0 amide bonds. The molecule has 1 aromatic carbocycles. The normalized spacial score (nSPS) is 12.8. The van der Waals surface area contributed by atoms with Gasteiger partial charge in [0.2, 0.25) is 10.0 Å². The summed E-state index contributed by atoms with van der Waals surface area (Å²) in [5.74, 6) is 1.47. The molecule has 0 aliphatic carbocycles. The first-order valence-corrected chi connectivity index (χ1v) is 10.4. The van der Waals surface area contributed by atoms with Gasteiger partial charge in [-0.15, -0.1) is 35.3 Å². The quantitative estimate of drug-likeness (QED) is 0.293. The molecule has 0 radical (unpaired) electrons. The Morgan fingerprint density at radius 1 is 1.26 bits per heavy atom. The van der Waals surface area contributed by atoms with Crippen molar-refractivity contribution >= 4 is 51.3 Å². The van der Waals surface area contributed by atoms with Crippen molar-refractivity contribution in [3.8, 4) is 5.75 Å². The fourth-order valence-electron chi connectivity index (χ4n) is 2.19. The molecule has 2 rings (SSSR count). The maximum Gasteiger partial charge on any atom is 0.247 e. The van der Waals surface area contributed by atoms with Crippen LogP contribution in [0, 0.1) is 6.92 Å². The number of aliphatic imine (C=N–C) groups is 1. The highest BCUT2D eigenvalue weighted by atomic mass is 127. The maximum atomic E-state index is 11.3. The Hall–Kier alpha value is -1.37. The van der Waals surface area contributed by atoms with Crippen LogP contribution in [-0.4, -0.2) is 34.1 Å². The number of primary sulfonamides is 1. The molecule has 0 spiro atoms. The Kier molecular flexibility index (Phi) is 9.50. The smallest absolute Gasteiger partial charge is 0.247 e. The number of guanidine groups is 1. The fraction of sp³-hybridized carbons (Fsp3) is 0.353. The van der Waals surface area contributed by atoms with Gasteiger partial charge in [0, 0.05) is 11.9 Å². The molecule has 0 aliphatic rings. The highest BCUT2D eigenvalue weighted by Gasteiger charge is 2.12.